The minimum absolute atomic E-state index is 0.321. The molecule has 18 heavy (non-hydrogen) atoms. The molecule has 1 aliphatic rings. The van der Waals surface area contributed by atoms with E-state index in [9.17, 15) is 0 Å². The molecule has 5 heteroatoms. The fourth-order valence-corrected chi connectivity index (χ4v) is 3.58. The van der Waals surface area contributed by atoms with E-state index in [1.807, 2.05) is 0 Å². The van der Waals surface area contributed by atoms with Crippen LogP contribution in [0.15, 0.2) is 5.38 Å². The maximum Gasteiger partial charge on any atom is 0.0897 e. The number of thiazole rings is 1. The number of hydrogen-bond acceptors (Lipinski definition) is 5. The van der Waals surface area contributed by atoms with Gasteiger partial charge in [0.15, 0.2) is 0 Å². The van der Waals surface area contributed by atoms with Gasteiger partial charge in [-0.25, -0.2) is 4.98 Å². The van der Waals surface area contributed by atoms with Crippen molar-refractivity contribution in [1.82, 2.24) is 9.88 Å². The zero-order valence-electron chi connectivity index (χ0n) is 11.2. The molecular formula is C13H22N2OS2. The number of hydrogen-bond donors (Lipinski definition) is 1. The second-order valence-corrected chi connectivity index (χ2v) is 6.68. The number of nitrogens with zero attached hydrogens (tertiary/aromatic N) is 2. The molecule has 2 heterocycles. The Bertz CT molecular complexity index is 375. The van der Waals surface area contributed by atoms with Crippen molar-refractivity contribution in [2.75, 3.05) is 32.6 Å². The van der Waals surface area contributed by atoms with Gasteiger partial charge in [-0.3, -0.25) is 4.90 Å². The number of aromatic nitrogens is 1. The Labute approximate surface area is 119 Å². The zero-order valence-corrected chi connectivity index (χ0v) is 12.9. The van der Waals surface area contributed by atoms with E-state index in [-0.39, 0.29) is 0 Å². The minimum atomic E-state index is 0.321. The molecule has 102 valence electrons. The van der Waals surface area contributed by atoms with E-state index >= 15 is 0 Å². The lowest BCUT2D eigenvalue weighted by Gasteiger charge is -2.38. The van der Waals surface area contributed by atoms with E-state index in [1.165, 1.54) is 5.69 Å². The van der Waals surface area contributed by atoms with Crippen molar-refractivity contribution < 1.29 is 4.74 Å². The quantitative estimate of drug-likeness (QED) is 0.843. The summed E-state index contributed by atoms with van der Waals surface area (Å²) in [4.78, 5) is 6.90. The maximum absolute atomic E-state index is 5.47. The van der Waals surface area contributed by atoms with Crippen LogP contribution in [0.4, 0.5) is 0 Å². The first-order chi connectivity index (χ1) is 8.63. The van der Waals surface area contributed by atoms with Crippen molar-refractivity contribution in [2.45, 2.75) is 26.3 Å². The molecule has 0 atom stereocenters. The van der Waals surface area contributed by atoms with Crippen LogP contribution in [0.25, 0.3) is 0 Å². The highest BCUT2D eigenvalue weighted by Gasteiger charge is 2.32. The SMILES string of the molecule is Cc1nc(CN(C)CC2(CS)CCOCC2)cs1. The summed E-state index contributed by atoms with van der Waals surface area (Å²) in [5, 5.41) is 3.30. The average Bonchev–Trinajstić information content (AvgIpc) is 2.75. The molecule has 1 fully saturated rings. The van der Waals surface area contributed by atoms with Crippen LogP contribution in [0.2, 0.25) is 0 Å². The standard InChI is InChI=1S/C13H22N2OS2/c1-11-14-12(8-18-11)7-15(2)9-13(10-17)3-5-16-6-4-13/h8,17H,3-7,9-10H2,1-2H3. The normalized spacial score (nSPS) is 19.3. The smallest absolute Gasteiger partial charge is 0.0897 e. The van der Waals surface area contributed by atoms with Gasteiger partial charge in [-0.2, -0.15) is 12.6 Å². The Hall–Kier alpha value is -0.100. The van der Waals surface area contributed by atoms with Gasteiger partial charge in [-0.05, 0) is 38.0 Å². The van der Waals surface area contributed by atoms with Crippen LogP contribution < -0.4 is 0 Å². The van der Waals surface area contributed by atoms with Gasteiger partial charge in [0.05, 0.1) is 10.7 Å². The van der Waals surface area contributed by atoms with E-state index in [0.29, 0.717) is 5.41 Å². The third kappa shape index (κ3) is 3.70. The number of aryl methyl sites for hydroxylation is 1. The first-order valence-electron chi connectivity index (χ1n) is 6.42. The van der Waals surface area contributed by atoms with Crippen LogP contribution in [0.5, 0.6) is 0 Å². The van der Waals surface area contributed by atoms with Crippen LogP contribution in [-0.2, 0) is 11.3 Å². The third-order valence-electron chi connectivity index (χ3n) is 3.59. The predicted octanol–water partition coefficient (Wildman–Crippen LogP) is 2.61. The Morgan fingerprint density at radius 2 is 2.22 bits per heavy atom. The van der Waals surface area contributed by atoms with Crippen molar-refractivity contribution >= 4 is 24.0 Å². The molecule has 0 saturated carbocycles. The van der Waals surface area contributed by atoms with E-state index in [2.05, 4.69) is 41.9 Å². The molecule has 1 aromatic rings. The Balaban J connectivity index is 1.90. The molecule has 0 N–H and O–H groups in total. The molecule has 1 saturated heterocycles. The molecule has 0 spiro atoms. The second-order valence-electron chi connectivity index (χ2n) is 5.30. The topological polar surface area (TPSA) is 25.4 Å². The lowest BCUT2D eigenvalue weighted by Crippen LogP contribution is -2.41. The molecule has 3 nitrogen and oxygen atoms in total. The second kappa shape index (κ2) is 6.37. The average molecular weight is 286 g/mol. The molecule has 0 bridgehead atoms. The van der Waals surface area contributed by atoms with Crippen LogP contribution in [0, 0.1) is 12.3 Å². The number of rotatable bonds is 5. The Kier molecular flexibility index (Phi) is 5.06. The van der Waals surface area contributed by atoms with Crippen molar-refractivity contribution in [3.63, 3.8) is 0 Å². The number of ether oxygens (including phenoxy) is 1. The fourth-order valence-electron chi connectivity index (χ4n) is 2.56. The van der Waals surface area contributed by atoms with Crippen LogP contribution in [0.3, 0.4) is 0 Å². The molecule has 2 rings (SSSR count). The summed E-state index contributed by atoms with van der Waals surface area (Å²) in [7, 11) is 2.18. The summed E-state index contributed by atoms with van der Waals surface area (Å²) >= 11 is 6.28. The van der Waals surface area contributed by atoms with E-state index in [4.69, 9.17) is 4.74 Å². The van der Waals surface area contributed by atoms with E-state index in [0.717, 1.165) is 49.9 Å². The summed E-state index contributed by atoms with van der Waals surface area (Å²) < 4.78 is 5.47. The summed E-state index contributed by atoms with van der Waals surface area (Å²) in [6.07, 6.45) is 2.24. The minimum Gasteiger partial charge on any atom is -0.381 e. The Morgan fingerprint density at radius 1 is 1.50 bits per heavy atom. The highest BCUT2D eigenvalue weighted by molar-refractivity contribution is 7.80. The van der Waals surface area contributed by atoms with Gasteiger partial charge in [0.25, 0.3) is 0 Å². The first kappa shape index (κ1) is 14.3. The van der Waals surface area contributed by atoms with E-state index in [1.54, 1.807) is 11.3 Å². The number of thiol groups is 1. The van der Waals surface area contributed by atoms with Crippen LogP contribution >= 0.6 is 24.0 Å². The lowest BCUT2D eigenvalue weighted by atomic mass is 9.81. The maximum atomic E-state index is 5.47. The molecular weight excluding hydrogens is 264 g/mol. The molecule has 0 unspecified atom stereocenters. The fraction of sp³-hybridized carbons (Fsp3) is 0.769. The third-order valence-corrected chi connectivity index (χ3v) is 5.09. The molecule has 1 aliphatic heterocycles. The predicted molar refractivity (Wildman–Crippen MR) is 79.5 cm³/mol. The molecule has 0 aromatic carbocycles. The highest BCUT2D eigenvalue weighted by atomic mass is 32.1. The summed E-state index contributed by atoms with van der Waals surface area (Å²) in [5.74, 6) is 0.941. The van der Waals surface area contributed by atoms with Crippen molar-refractivity contribution in [3.8, 4) is 0 Å². The van der Waals surface area contributed by atoms with Crippen LogP contribution in [0.1, 0.15) is 23.5 Å². The van der Waals surface area contributed by atoms with Gasteiger partial charge in [0.1, 0.15) is 0 Å². The largest absolute Gasteiger partial charge is 0.381 e. The zero-order chi connectivity index (χ0) is 13.0. The summed E-state index contributed by atoms with van der Waals surface area (Å²) in [6.45, 7) is 5.83. The summed E-state index contributed by atoms with van der Waals surface area (Å²) in [6, 6.07) is 0. The Morgan fingerprint density at radius 3 is 2.78 bits per heavy atom. The highest BCUT2D eigenvalue weighted by Crippen LogP contribution is 2.32. The van der Waals surface area contributed by atoms with Gasteiger partial charge in [-0.1, -0.05) is 0 Å². The van der Waals surface area contributed by atoms with Crippen molar-refractivity contribution in [2.24, 2.45) is 5.41 Å². The molecule has 0 aliphatic carbocycles. The molecule has 0 radical (unpaired) electrons. The molecule has 0 amide bonds. The van der Waals surface area contributed by atoms with Crippen molar-refractivity contribution in [1.29, 1.82) is 0 Å². The first-order valence-corrected chi connectivity index (χ1v) is 7.93. The van der Waals surface area contributed by atoms with Crippen LogP contribution in [-0.4, -0.2) is 42.4 Å². The van der Waals surface area contributed by atoms with Gasteiger partial charge >= 0.3 is 0 Å². The van der Waals surface area contributed by atoms with Crippen molar-refractivity contribution in [3.05, 3.63) is 16.1 Å². The van der Waals surface area contributed by atoms with Gasteiger partial charge in [-0.15, -0.1) is 11.3 Å². The molecule has 1 aromatic heterocycles. The van der Waals surface area contributed by atoms with Gasteiger partial charge in [0, 0.05) is 31.7 Å². The lowest BCUT2D eigenvalue weighted by molar-refractivity contribution is 0.0104. The van der Waals surface area contributed by atoms with Gasteiger partial charge < -0.3 is 4.74 Å². The van der Waals surface area contributed by atoms with Gasteiger partial charge in [0.2, 0.25) is 0 Å². The van der Waals surface area contributed by atoms with E-state index < -0.39 is 0 Å². The monoisotopic (exact) mass is 286 g/mol. The summed E-state index contributed by atoms with van der Waals surface area (Å²) in [5.41, 5.74) is 1.50.